The van der Waals surface area contributed by atoms with Crippen molar-refractivity contribution in [3.63, 3.8) is 0 Å². The summed E-state index contributed by atoms with van der Waals surface area (Å²) in [5, 5.41) is 0. The van der Waals surface area contributed by atoms with Gasteiger partial charge in [0.2, 0.25) is 17.7 Å². The number of hydrogen-bond acceptors (Lipinski definition) is 5. The molecule has 7 heteroatoms. The van der Waals surface area contributed by atoms with Crippen LogP contribution < -0.4 is 10.5 Å². The summed E-state index contributed by atoms with van der Waals surface area (Å²) in [6, 6.07) is 9.41. The van der Waals surface area contributed by atoms with E-state index >= 15 is 0 Å². The van der Waals surface area contributed by atoms with Gasteiger partial charge in [0.1, 0.15) is 5.75 Å². The number of carbonyl (C=O) groups excluding carboxylic acids is 2. The molecule has 26 heavy (non-hydrogen) atoms. The maximum Gasteiger partial charge on any atom is 0.238 e. The molecule has 1 aliphatic rings. The Morgan fingerprint density at radius 1 is 1.19 bits per heavy atom. The van der Waals surface area contributed by atoms with Crippen LogP contribution in [0.5, 0.6) is 11.6 Å². The molecule has 2 aromatic rings. The second-order valence-electron chi connectivity index (χ2n) is 6.34. The van der Waals surface area contributed by atoms with Crippen LogP contribution in [0.3, 0.4) is 0 Å². The highest BCUT2D eigenvalue weighted by molar-refractivity contribution is 5.83. The van der Waals surface area contributed by atoms with Gasteiger partial charge in [-0.25, -0.2) is 4.98 Å². The summed E-state index contributed by atoms with van der Waals surface area (Å²) in [5.41, 5.74) is 5.94. The van der Waals surface area contributed by atoms with Gasteiger partial charge in [-0.2, -0.15) is 0 Å². The normalized spacial score (nSPS) is 16.9. The fraction of sp³-hybridized carbons (Fsp3) is 0.368. The minimum atomic E-state index is -0.455. The van der Waals surface area contributed by atoms with Gasteiger partial charge in [0.05, 0.1) is 11.9 Å². The van der Waals surface area contributed by atoms with Crippen LogP contribution in [-0.4, -0.2) is 39.8 Å². The summed E-state index contributed by atoms with van der Waals surface area (Å²) in [6.07, 6.45) is 5.36. The zero-order valence-corrected chi connectivity index (χ0v) is 14.5. The number of piperidine rings is 1. The van der Waals surface area contributed by atoms with Crippen molar-refractivity contribution >= 4 is 11.8 Å². The van der Waals surface area contributed by atoms with Crippen molar-refractivity contribution in [3.8, 4) is 11.6 Å². The number of nitrogens with two attached hydrogens (primary N) is 1. The standard InChI is InChI=1S/C19H22N4O3/c20-17(24)8-9-19(25)23-10-4-5-14(13-23)16-11-21-12-18(22-16)26-15-6-2-1-3-7-15/h1-3,6-7,11-12,14H,4-5,8-10,13H2,(H2,20,24). The number of benzene rings is 1. The van der Waals surface area contributed by atoms with Crippen LogP contribution in [0.2, 0.25) is 0 Å². The van der Waals surface area contributed by atoms with Gasteiger partial charge in [-0.1, -0.05) is 18.2 Å². The molecule has 0 aliphatic carbocycles. The number of nitrogens with zero attached hydrogens (tertiary/aromatic N) is 3. The number of amides is 2. The van der Waals surface area contributed by atoms with Crippen LogP contribution in [0.15, 0.2) is 42.7 Å². The number of likely N-dealkylation sites (tertiary alicyclic amines) is 1. The lowest BCUT2D eigenvalue weighted by Gasteiger charge is -2.32. The van der Waals surface area contributed by atoms with E-state index in [1.165, 1.54) is 0 Å². The van der Waals surface area contributed by atoms with Crippen LogP contribution in [0.4, 0.5) is 0 Å². The zero-order valence-electron chi connectivity index (χ0n) is 14.5. The minimum absolute atomic E-state index is 0.0434. The smallest absolute Gasteiger partial charge is 0.238 e. The molecule has 136 valence electrons. The van der Waals surface area contributed by atoms with Crippen LogP contribution in [0, 0.1) is 0 Å². The largest absolute Gasteiger partial charge is 0.437 e. The maximum atomic E-state index is 12.2. The van der Waals surface area contributed by atoms with Gasteiger partial charge in [-0.05, 0) is 25.0 Å². The number of carbonyl (C=O) groups is 2. The van der Waals surface area contributed by atoms with E-state index in [2.05, 4.69) is 9.97 Å². The van der Waals surface area contributed by atoms with Gasteiger partial charge >= 0.3 is 0 Å². The molecule has 2 N–H and O–H groups in total. The van der Waals surface area contributed by atoms with Gasteiger partial charge in [-0.3, -0.25) is 14.6 Å². The van der Waals surface area contributed by atoms with Crippen molar-refractivity contribution in [1.29, 1.82) is 0 Å². The lowest BCUT2D eigenvalue weighted by molar-refractivity contribution is -0.134. The SMILES string of the molecule is NC(=O)CCC(=O)N1CCCC(c2cncc(Oc3ccccc3)n2)C1. The molecule has 1 fully saturated rings. The number of hydrogen-bond donors (Lipinski definition) is 1. The predicted molar refractivity (Wildman–Crippen MR) is 95.5 cm³/mol. The fourth-order valence-corrected chi connectivity index (χ4v) is 3.05. The average molecular weight is 354 g/mol. The summed E-state index contributed by atoms with van der Waals surface area (Å²) in [5.74, 6) is 0.742. The van der Waals surface area contributed by atoms with Gasteiger partial charge in [-0.15, -0.1) is 0 Å². The molecule has 1 aromatic carbocycles. The van der Waals surface area contributed by atoms with Gasteiger partial charge < -0.3 is 15.4 Å². The Bertz CT molecular complexity index is 766. The van der Waals surface area contributed by atoms with Crippen molar-refractivity contribution < 1.29 is 14.3 Å². The van der Waals surface area contributed by atoms with E-state index in [0.717, 1.165) is 18.5 Å². The molecule has 1 aromatic heterocycles. The molecule has 1 aliphatic heterocycles. The average Bonchev–Trinajstić information content (AvgIpc) is 2.67. The molecule has 0 radical (unpaired) electrons. The fourth-order valence-electron chi connectivity index (χ4n) is 3.05. The third-order valence-corrected chi connectivity index (χ3v) is 4.37. The molecule has 2 heterocycles. The Morgan fingerprint density at radius 2 is 2.00 bits per heavy atom. The first-order chi connectivity index (χ1) is 12.6. The molecule has 3 rings (SSSR count). The molecular formula is C19H22N4O3. The van der Waals surface area contributed by atoms with E-state index in [4.69, 9.17) is 10.5 Å². The van der Waals surface area contributed by atoms with E-state index in [-0.39, 0.29) is 24.7 Å². The molecule has 7 nitrogen and oxygen atoms in total. The van der Waals surface area contributed by atoms with Crippen molar-refractivity contribution in [1.82, 2.24) is 14.9 Å². The third-order valence-electron chi connectivity index (χ3n) is 4.37. The molecular weight excluding hydrogens is 332 g/mol. The van der Waals surface area contributed by atoms with Crippen molar-refractivity contribution in [2.45, 2.75) is 31.6 Å². The van der Waals surface area contributed by atoms with Gasteiger partial charge in [0.25, 0.3) is 0 Å². The van der Waals surface area contributed by atoms with E-state index in [1.54, 1.807) is 17.3 Å². The third kappa shape index (κ3) is 4.78. The van der Waals surface area contributed by atoms with Crippen LogP contribution in [-0.2, 0) is 9.59 Å². The van der Waals surface area contributed by atoms with Crippen molar-refractivity contribution in [3.05, 3.63) is 48.4 Å². The lowest BCUT2D eigenvalue weighted by atomic mass is 9.94. The predicted octanol–water partition coefficient (Wildman–Crippen LogP) is 2.24. The number of aromatic nitrogens is 2. The van der Waals surface area contributed by atoms with Crippen molar-refractivity contribution in [2.75, 3.05) is 13.1 Å². The second kappa shape index (κ2) is 8.42. The second-order valence-corrected chi connectivity index (χ2v) is 6.34. The Balaban J connectivity index is 1.65. The topological polar surface area (TPSA) is 98.4 Å². The van der Waals surface area contributed by atoms with E-state index in [1.807, 2.05) is 30.3 Å². The highest BCUT2D eigenvalue weighted by Gasteiger charge is 2.26. The summed E-state index contributed by atoms with van der Waals surface area (Å²) in [6.45, 7) is 1.27. The number of rotatable bonds is 6. The molecule has 0 spiro atoms. The number of primary amides is 1. The first kappa shape index (κ1) is 17.8. The van der Waals surface area contributed by atoms with E-state index in [0.29, 0.717) is 24.7 Å². The van der Waals surface area contributed by atoms with Gasteiger partial charge in [0, 0.05) is 38.0 Å². The molecule has 1 unspecified atom stereocenters. The van der Waals surface area contributed by atoms with E-state index < -0.39 is 5.91 Å². The Labute approximate surface area is 152 Å². The first-order valence-corrected chi connectivity index (χ1v) is 8.73. The Morgan fingerprint density at radius 3 is 2.77 bits per heavy atom. The summed E-state index contributed by atoms with van der Waals surface area (Å²) < 4.78 is 5.74. The molecule has 1 atom stereocenters. The zero-order chi connectivity index (χ0) is 18.4. The van der Waals surface area contributed by atoms with Crippen LogP contribution >= 0.6 is 0 Å². The minimum Gasteiger partial charge on any atom is -0.437 e. The molecule has 0 saturated carbocycles. The maximum absolute atomic E-state index is 12.2. The molecule has 2 amide bonds. The van der Waals surface area contributed by atoms with Crippen LogP contribution in [0.1, 0.15) is 37.3 Å². The Kier molecular flexibility index (Phi) is 5.78. The first-order valence-electron chi connectivity index (χ1n) is 8.73. The summed E-state index contributed by atoms with van der Waals surface area (Å²) in [4.78, 5) is 33.7. The summed E-state index contributed by atoms with van der Waals surface area (Å²) >= 11 is 0. The molecule has 1 saturated heterocycles. The number of ether oxygens (including phenoxy) is 1. The Hall–Kier alpha value is -2.96. The quantitative estimate of drug-likeness (QED) is 0.858. The molecule has 0 bridgehead atoms. The highest BCUT2D eigenvalue weighted by Crippen LogP contribution is 2.27. The van der Waals surface area contributed by atoms with Crippen LogP contribution in [0.25, 0.3) is 0 Å². The van der Waals surface area contributed by atoms with E-state index in [9.17, 15) is 9.59 Å². The summed E-state index contributed by atoms with van der Waals surface area (Å²) in [7, 11) is 0. The van der Waals surface area contributed by atoms with Gasteiger partial charge in [0.15, 0.2) is 0 Å². The lowest BCUT2D eigenvalue weighted by Crippen LogP contribution is -2.39. The monoisotopic (exact) mass is 354 g/mol. The number of para-hydroxylation sites is 1. The highest BCUT2D eigenvalue weighted by atomic mass is 16.5. The van der Waals surface area contributed by atoms with Crippen molar-refractivity contribution in [2.24, 2.45) is 5.73 Å².